The number of hydrogen-bond acceptors (Lipinski definition) is 3. The molecule has 0 spiro atoms. The van der Waals surface area contributed by atoms with Gasteiger partial charge in [-0.2, -0.15) is 9.06 Å². The highest BCUT2D eigenvalue weighted by molar-refractivity contribution is 8.87. The molecule has 222 valence electrons. The van der Waals surface area contributed by atoms with E-state index in [1.54, 1.807) is 7.11 Å². The highest BCUT2D eigenvalue weighted by Gasteiger charge is 2.57. The van der Waals surface area contributed by atoms with Crippen LogP contribution in [-0.2, 0) is 9.53 Å². The highest BCUT2D eigenvalue weighted by Crippen LogP contribution is 2.62. The summed E-state index contributed by atoms with van der Waals surface area (Å²) in [4.78, 5) is 14.5. The Morgan fingerprint density at radius 3 is 1.65 bits per heavy atom. The fraction of sp³-hybridized carbons (Fsp3) is 0.909. The lowest BCUT2D eigenvalue weighted by molar-refractivity contribution is -0.172. The van der Waals surface area contributed by atoms with Gasteiger partial charge in [-0.25, -0.2) is 0 Å². The van der Waals surface area contributed by atoms with Crippen LogP contribution in [0.25, 0.3) is 0 Å². The van der Waals surface area contributed by atoms with Crippen LogP contribution >= 0.6 is 20.7 Å². The average Bonchev–Trinajstić information content (AvgIpc) is 2.75. The Morgan fingerprint density at radius 2 is 1.30 bits per heavy atom. The molecule has 0 rings (SSSR count). The molecular weight excluding hydrogens is 492 g/mol. The van der Waals surface area contributed by atoms with Crippen molar-refractivity contribution in [1.82, 2.24) is 0 Å². The lowest BCUT2D eigenvalue weighted by Gasteiger charge is -2.54. The van der Waals surface area contributed by atoms with Crippen molar-refractivity contribution in [1.29, 1.82) is 0 Å². The fourth-order valence-electron chi connectivity index (χ4n) is 5.99. The van der Waals surface area contributed by atoms with E-state index in [2.05, 4.69) is 122 Å². The summed E-state index contributed by atoms with van der Waals surface area (Å²) in [5, 5.41) is 0. The number of ether oxygens (including phenoxy) is 1. The second-order valence-electron chi connectivity index (χ2n) is 15.5. The number of carbonyl (C=O) groups is 1. The summed E-state index contributed by atoms with van der Waals surface area (Å²) in [6.45, 7) is 31.7. The van der Waals surface area contributed by atoms with E-state index >= 15 is 0 Å². The molecule has 0 bridgehead atoms. The summed E-state index contributed by atoms with van der Waals surface area (Å²) in [7, 11) is 0.594. The molecule has 0 N–H and O–H groups in total. The van der Waals surface area contributed by atoms with E-state index in [0.29, 0.717) is 5.41 Å². The number of allylic oxidation sites excluding steroid dienone is 2. The van der Waals surface area contributed by atoms with Crippen molar-refractivity contribution in [2.24, 2.45) is 27.1 Å². The molecule has 0 saturated carbocycles. The van der Waals surface area contributed by atoms with Crippen molar-refractivity contribution in [2.45, 2.75) is 146 Å². The second kappa shape index (κ2) is 12.3. The minimum atomic E-state index is -1.14. The molecule has 0 aromatic rings. The first-order valence-corrected chi connectivity index (χ1v) is 18.0. The Kier molecular flexibility index (Phi) is 12.3. The van der Waals surface area contributed by atoms with E-state index in [0.717, 1.165) is 32.1 Å². The molecule has 0 radical (unpaired) electrons. The summed E-state index contributed by atoms with van der Waals surface area (Å²) in [5.74, 6) is 0.214. The van der Waals surface area contributed by atoms with E-state index in [1.165, 1.54) is 6.42 Å². The first-order valence-electron chi connectivity index (χ1n) is 14.5. The van der Waals surface area contributed by atoms with Gasteiger partial charge >= 0.3 is 0 Å². The summed E-state index contributed by atoms with van der Waals surface area (Å²) in [5.41, 5.74) is -1.43. The van der Waals surface area contributed by atoms with Gasteiger partial charge in [-0.15, -0.1) is 11.7 Å². The van der Waals surface area contributed by atoms with Gasteiger partial charge in [0.1, 0.15) is 5.60 Å². The van der Waals surface area contributed by atoms with E-state index in [-0.39, 0.29) is 26.8 Å². The zero-order chi connectivity index (χ0) is 29.9. The molecule has 2 nitrogen and oxygen atoms in total. The smallest absolute Gasteiger partial charge is 0.170 e. The maximum Gasteiger partial charge on any atom is 0.170 e. The van der Waals surface area contributed by atoms with Crippen LogP contribution in [0.15, 0.2) is 12.2 Å². The molecule has 0 aromatic carbocycles. The average molecular weight is 559 g/mol. The van der Waals surface area contributed by atoms with Gasteiger partial charge in [-0.1, -0.05) is 109 Å². The Morgan fingerprint density at radius 1 is 0.811 bits per heavy atom. The molecule has 0 aliphatic carbocycles. The molecule has 0 aliphatic heterocycles. The number of hydrogen-bond donors (Lipinski definition) is 1. The Bertz CT molecular complexity index is 787. The van der Waals surface area contributed by atoms with Crippen molar-refractivity contribution in [3.8, 4) is 0 Å². The van der Waals surface area contributed by atoms with E-state index < -0.39 is 20.1 Å². The molecule has 0 aliphatic rings. The largest absolute Gasteiger partial charge is 0.370 e. The van der Waals surface area contributed by atoms with Gasteiger partial charge in [-0.3, -0.25) is 4.79 Å². The van der Waals surface area contributed by atoms with Crippen molar-refractivity contribution in [3.63, 3.8) is 0 Å². The molecule has 4 heteroatoms. The topological polar surface area (TPSA) is 26.3 Å². The lowest BCUT2D eigenvalue weighted by atomic mass is 9.53. The zero-order valence-corrected chi connectivity index (χ0v) is 29.8. The minimum absolute atomic E-state index is 0.0157. The second-order valence-corrected chi connectivity index (χ2v) is 21.9. The van der Waals surface area contributed by atoms with Gasteiger partial charge < -0.3 is 4.74 Å². The minimum Gasteiger partial charge on any atom is -0.370 e. The van der Waals surface area contributed by atoms with Gasteiger partial charge in [0.05, 0.1) is 0 Å². The third-order valence-corrected chi connectivity index (χ3v) is 15.2. The molecule has 0 saturated heterocycles. The molecule has 0 amide bonds. The Hall–Kier alpha value is 0.0700. The maximum absolute atomic E-state index is 14.5. The molecule has 3 unspecified atom stereocenters. The van der Waals surface area contributed by atoms with Crippen LogP contribution in [0.5, 0.6) is 0 Å². The van der Waals surface area contributed by atoms with Gasteiger partial charge in [0.2, 0.25) is 0 Å². The van der Waals surface area contributed by atoms with Crippen LogP contribution in [0.3, 0.4) is 0 Å². The van der Waals surface area contributed by atoms with Crippen molar-refractivity contribution >= 4 is 26.5 Å². The van der Waals surface area contributed by atoms with Crippen LogP contribution < -0.4 is 0 Å². The Labute approximate surface area is 240 Å². The third kappa shape index (κ3) is 8.29. The van der Waals surface area contributed by atoms with Crippen LogP contribution in [0.1, 0.15) is 135 Å². The summed E-state index contributed by atoms with van der Waals surface area (Å²) in [6.07, 6.45) is 15.2. The molecule has 3 atom stereocenters. The van der Waals surface area contributed by atoms with Gasteiger partial charge in [0.15, 0.2) is 5.78 Å². The first-order chi connectivity index (χ1) is 16.3. The van der Waals surface area contributed by atoms with Gasteiger partial charge in [0.25, 0.3) is 0 Å². The lowest BCUT2D eigenvalue weighted by Crippen LogP contribution is -2.58. The van der Waals surface area contributed by atoms with Crippen LogP contribution in [-0.4, -0.2) is 35.8 Å². The van der Waals surface area contributed by atoms with E-state index in [9.17, 15) is 4.79 Å². The number of methoxy groups -OCH3 is 1. The zero-order valence-electron chi connectivity index (χ0n) is 28.1. The molecule has 0 fully saturated rings. The number of ketones is 1. The molecule has 0 aromatic heterocycles. The van der Waals surface area contributed by atoms with Crippen LogP contribution in [0.4, 0.5) is 0 Å². The molecule has 0 heterocycles. The number of carbonyl (C=O) groups excluding carboxylic acids is 1. The fourth-order valence-corrected chi connectivity index (χ4v) is 6.90. The van der Waals surface area contributed by atoms with Gasteiger partial charge in [0, 0.05) is 22.7 Å². The predicted octanol–water partition coefficient (Wildman–Crippen LogP) is 10.7. The van der Waals surface area contributed by atoms with Crippen LogP contribution in [0, 0.1) is 27.1 Å². The van der Waals surface area contributed by atoms with E-state index in [1.807, 2.05) is 0 Å². The third-order valence-electron chi connectivity index (χ3n) is 10.8. The van der Waals surface area contributed by atoms with Crippen molar-refractivity contribution in [2.75, 3.05) is 19.6 Å². The van der Waals surface area contributed by atoms with Crippen LogP contribution in [0.2, 0.25) is 0 Å². The molecular formula is C33H66O2S2. The Balaban J connectivity index is 6.42. The van der Waals surface area contributed by atoms with Crippen molar-refractivity contribution < 1.29 is 9.53 Å². The maximum atomic E-state index is 14.5. The summed E-state index contributed by atoms with van der Waals surface area (Å²) in [6, 6.07) is 0. The predicted molar refractivity (Wildman–Crippen MR) is 174 cm³/mol. The number of rotatable bonds is 16. The molecule has 37 heavy (non-hydrogen) atoms. The quantitative estimate of drug-likeness (QED) is 0.116. The number of Topliss-reactive ketones (excluding diaryl/α,β-unsaturated/α-hetero) is 1. The first kappa shape index (κ1) is 37.1. The normalized spacial score (nSPS) is 19.8. The standard InChI is InChI=1S/C33H66O2S2/c1-18-27(4,5)22-21-23-31(12,19-2)29(8,9)25-32(13,20-3)33(14,35-15)26(34)28(6,7)24-30(10,11)37(16,17)36/h21,23,36H,18-20,22,24-25H2,1-17H3. The van der Waals surface area contributed by atoms with Crippen molar-refractivity contribution in [3.05, 3.63) is 12.2 Å². The summed E-state index contributed by atoms with van der Waals surface area (Å²) >= 11 is 4.97. The number of thiol groups is 1. The highest BCUT2D eigenvalue weighted by atomic mass is 33.1. The summed E-state index contributed by atoms with van der Waals surface area (Å²) < 4.78 is 6.26. The van der Waals surface area contributed by atoms with Gasteiger partial charge in [-0.05, 0) is 67.8 Å². The SMILES string of the molecule is CCC(C)(C)CC=CC(C)(CC)C(C)(C)CC(C)(CC)C(C)(OC)C(=O)C(C)(C)CC(C)(C)S(C)(C)S. The monoisotopic (exact) mass is 558 g/mol. The van der Waals surface area contributed by atoms with E-state index in [4.69, 9.17) is 16.4 Å².